The second kappa shape index (κ2) is 5.01. The number of anilines is 2. The Labute approximate surface area is 105 Å². The molecule has 0 saturated carbocycles. The van der Waals surface area contributed by atoms with Gasteiger partial charge in [0.05, 0.1) is 12.4 Å². The molecule has 1 aromatic heterocycles. The lowest BCUT2D eigenvalue weighted by Crippen LogP contribution is -2.08. The van der Waals surface area contributed by atoms with Crippen LogP contribution in [-0.4, -0.2) is 9.97 Å². The van der Waals surface area contributed by atoms with Crippen LogP contribution in [0.4, 0.5) is 11.6 Å². The molecule has 1 atom stereocenters. The van der Waals surface area contributed by atoms with Crippen LogP contribution in [0.15, 0.2) is 36.7 Å². The summed E-state index contributed by atoms with van der Waals surface area (Å²) in [5, 5.41) is 3.95. The van der Waals surface area contributed by atoms with Crippen LogP contribution >= 0.6 is 11.6 Å². The third-order valence-corrected chi connectivity index (χ3v) is 2.64. The molecular formula is C12H13ClN4. The maximum Gasteiger partial charge on any atom is 0.147 e. The maximum absolute atomic E-state index is 5.84. The monoisotopic (exact) mass is 248 g/mol. The van der Waals surface area contributed by atoms with Crippen LogP contribution in [0.3, 0.4) is 0 Å². The van der Waals surface area contributed by atoms with E-state index in [1.165, 1.54) is 6.20 Å². The lowest BCUT2D eigenvalue weighted by Gasteiger charge is -2.14. The molecule has 0 fully saturated rings. The van der Waals surface area contributed by atoms with Gasteiger partial charge in [-0.15, -0.1) is 0 Å². The number of nitrogen functional groups attached to an aromatic ring is 1. The van der Waals surface area contributed by atoms with Gasteiger partial charge in [0.1, 0.15) is 11.6 Å². The summed E-state index contributed by atoms with van der Waals surface area (Å²) in [5.74, 6) is 1.06. The number of nitrogens with two attached hydrogens (primary N) is 1. The molecule has 5 heteroatoms. The molecule has 1 unspecified atom stereocenters. The summed E-state index contributed by atoms with van der Waals surface area (Å²) < 4.78 is 0. The molecule has 3 N–H and O–H groups in total. The predicted molar refractivity (Wildman–Crippen MR) is 69.9 cm³/mol. The average molecular weight is 249 g/mol. The molecule has 0 saturated heterocycles. The van der Waals surface area contributed by atoms with Crippen LogP contribution in [-0.2, 0) is 0 Å². The number of halogens is 1. The van der Waals surface area contributed by atoms with E-state index in [2.05, 4.69) is 15.3 Å². The number of nitrogens with zero attached hydrogens (tertiary/aromatic N) is 2. The zero-order valence-electron chi connectivity index (χ0n) is 9.39. The normalized spacial score (nSPS) is 12.1. The smallest absolute Gasteiger partial charge is 0.147 e. The van der Waals surface area contributed by atoms with E-state index in [1.54, 1.807) is 6.20 Å². The first-order valence-corrected chi connectivity index (χ1v) is 5.62. The first-order chi connectivity index (χ1) is 8.15. The van der Waals surface area contributed by atoms with Gasteiger partial charge in [0, 0.05) is 11.1 Å². The molecule has 1 aromatic carbocycles. The molecule has 0 aliphatic rings. The number of benzene rings is 1. The molecule has 0 aliphatic carbocycles. The van der Waals surface area contributed by atoms with Gasteiger partial charge in [-0.25, -0.2) is 4.98 Å². The number of nitrogens with one attached hydrogen (secondary N) is 1. The van der Waals surface area contributed by atoms with E-state index in [4.69, 9.17) is 17.3 Å². The van der Waals surface area contributed by atoms with Gasteiger partial charge < -0.3 is 11.1 Å². The number of hydrogen-bond donors (Lipinski definition) is 2. The van der Waals surface area contributed by atoms with Crippen LogP contribution in [0.1, 0.15) is 18.5 Å². The predicted octanol–water partition coefficient (Wildman–Crippen LogP) is 2.89. The van der Waals surface area contributed by atoms with E-state index < -0.39 is 0 Å². The number of hydrogen-bond acceptors (Lipinski definition) is 4. The Morgan fingerprint density at radius 2 is 1.94 bits per heavy atom. The van der Waals surface area contributed by atoms with Gasteiger partial charge >= 0.3 is 0 Å². The molecule has 0 aliphatic heterocycles. The van der Waals surface area contributed by atoms with Crippen molar-refractivity contribution in [2.24, 2.45) is 0 Å². The Bertz CT molecular complexity index is 498. The van der Waals surface area contributed by atoms with Crippen LogP contribution < -0.4 is 11.1 Å². The highest BCUT2D eigenvalue weighted by molar-refractivity contribution is 6.30. The van der Waals surface area contributed by atoms with E-state index in [0.29, 0.717) is 11.6 Å². The van der Waals surface area contributed by atoms with Crippen molar-refractivity contribution in [3.63, 3.8) is 0 Å². The first-order valence-electron chi connectivity index (χ1n) is 5.24. The van der Waals surface area contributed by atoms with E-state index >= 15 is 0 Å². The van der Waals surface area contributed by atoms with Crippen molar-refractivity contribution in [3.8, 4) is 0 Å². The zero-order valence-corrected chi connectivity index (χ0v) is 10.1. The molecule has 0 spiro atoms. The molecular weight excluding hydrogens is 236 g/mol. The molecule has 0 amide bonds. The highest BCUT2D eigenvalue weighted by atomic mass is 35.5. The lowest BCUT2D eigenvalue weighted by atomic mass is 10.1. The van der Waals surface area contributed by atoms with Crippen molar-refractivity contribution in [2.45, 2.75) is 13.0 Å². The molecule has 88 valence electrons. The van der Waals surface area contributed by atoms with Crippen LogP contribution in [0.5, 0.6) is 0 Å². The highest BCUT2D eigenvalue weighted by Gasteiger charge is 2.06. The Morgan fingerprint density at radius 3 is 2.59 bits per heavy atom. The highest BCUT2D eigenvalue weighted by Crippen LogP contribution is 2.19. The molecule has 17 heavy (non-hydrogen) atoms. The summed E-state index contributed by atoms with van der Waals surface area (Å²) >= 11 is 5.84. The van der Waals surface area contributed by atoms with E-state index in [9.17, 15) is 0 Å². The molecule has 4 nitrogen and oxygen atoms in total. The van der Waals surface area contributed by atoms with Gasteiger partial charge in [0.25, 0.3) is 0 Å². The third kappa shape index (κ3) is 3.07. The van der Waals surface area contributed by atoms with Crippen molar-refractivity contribution in [2.75, 3.05) is 11.1 Å². The SMILES string of the molecule is CC(Nc1cncc(N)n1)c1ccc(Cl)cc1. The Morgan fingerprint density at radius 1 is 1.24 bits per heavy atom. The van der Waals surface area contributed by atoms with E-state index in [1.807, 2.05) is 31.2 Å². The third-order valence-electron chi connectivity index (χ3n) is 2.39. The van der Waals surface area contributed by atoms with Gasteiger partial charge in [-0.2, -0.15) is 0 Å². The van der Waals surface area contributed by atoms with Crippen molar-refractivity contribution < 1.29 is 0 Å². The van der Waals surface area contributed by atoms with Gasteiger partial charge in [0.15, 0.2) is 0 Å². The summed E-state index contributed by atoms with van der Waals surface area (Å²) in [6, 6.07) is 7.78. The fraction of sp³-hybridized carbons (Fsp3) is 0.167. The maximum atomic E-state index is 5.84. The first kappa shape index (κ1) is 11.7. The second-order valence-electron chi connectivity index (χ2n) is 3.75. The number of aromatic nitrogens is 2. The summed E-state index contributed by atoms with van der Waals surface area (Å²) in [5.41, 5.74) is 6.69. The molecule has 2 aromatic rings. The summed E-state index contributed by atoms with van der Waals surface area (Å²) in [6.45, 7) is 2.04. The van der Waals surface area contributed by atoms with Crippen molar-refractivity contribution in [1.82, 2.24) is 9.97 Å². The van der Waals surface area contributed by atoms with E-state index in [0.717, 1.165) is 10.6 Å². The quantitative estimate of drug-likeness (QED) is 0.877. The van der Waals surface area contributed by atoms with Crippen molar-refractivity contribution in [3.05, 3.63) is 47.2 Å². The average Bonchev–Trinajstić information content (AvgIpc) is 2.29. The Kier molecular flexibility index (Phi) is 3.44. The van der Waals surface area contributed by atoms with Crippen molar-refractivity contribution >= 4 is 23.2 Å². The minimum Gasteiger partial charge on any atom is -0.382 e. The minimum absolute atomic E-state index is 0.114. The van der Waals surface area contributed by atoms with Crippen molar-refractivity contribution in [1.29, 1.82) is 0 Å². The Hall–Kier alpha value is -1.81. The molecule has 0 bridgehead atoms. The standard InChI is InChI=1S/C12H13ClN4/c1-8(9-2-4-10(13)5-3-9)16-12-7-15-6-11(14)17-12/h2-8H,1H3,(H3,14,16,17). The lowest BCUT2D eigenvalue weighted by molar-refractivity contribution is 0.872. The fourth-order valence-electron chi connectivity index (χ4n) is 1.51. The topological polar surface area (TPSA) is 63.8 Å². The number of rotatable bonds is 3. The minimum atomic E-state index is 0.114. The Balaban J connectivity index is 2.11. The summed E-state index contributed by atoms with van der Waals surface area (Å²) in [7, 11) is 0. The second-order valence-corrected chi connectivity index (χ2v) is 4.18. The van der Waals surface area contributed by atoms with Gasteiger partial charge in [0.2, 0.25) is 0 Å². The fourth-order valence-corrected chi connectivity index (χ4v) is 1.63. The molecule has 2 rings (SSSR count). The van der Waals surface area contributed by atoms with Gasteiger partial charge in [-0.3, -0.25) is 4.98 Å². The van der Waals surface area contributed by atoms with Gasteiger partial charge in [-0.1, -0.05) is 23.7 Å². The van der Waals surface area contributed by atoms with Crippen LogP contribution in [0.2, 0.25) is 5.02 Å². The summed E-state index contributed by atoms with van der Waals surface area (Å²) in [6.07, 6.45) is 3.15. The van der Waals surface area contributed by atoms with Crippen LogP contribution in [0, 0.1) is 0 Å². The summed E-state index contributed by atoms with van der Waals surface area (Å²) in [4.78, 5) is 8.11. The van der Waals surface area contributed by atoms with Gasteiger partial charge in [-0.05, 0) is 24.6 Å². The molecule has 1 heterocycles. The largest absolute Gasteiger partial charge is 0.382 e. The zero-order chi connectivity index (χ0) is 12.3. The van der Waals surface area contributed by atoms with E-state index in [-0.39, 0.29) is 6.04 Å². The molecule has 0 radical (unpaired) electrons. The van der Waals surface area contributed by atoms with Crippen LogP contribution in [0.25, 0.3) is 0 Å².